The van der Waals surface area contributed by atoms with Crippen molar-refractivity contribution in [3.63, 3.8) is 0 Å². The highest BCUT2D eigenvalue weighted by Crippen LogP contribution is 2.31. The fourth-order valence-electron chi connectivity index (χ4n) is 1.99. The molecule has 0 aromatic rings. The Morgan fingerprint density at radius 3 is 2.44 bits per heavy atom. The molecule has 3 aliphatic rings. The summed E-state index contributed by atoms with van der Waals surface area (Å²) in [4.78, 5) is 0. The second-order valence-corrected chi connectivity index (χ2v) is 3.30. The third-order valence-corrected chi connectivity index (χ3v) is 2.67. The second kappa shape index (κ2) is 2.30. The predicted octanol–water partition coefficient (Wildman–Crippen LogP) is 1.97. The Bertz CT molecular complexity index is 75.2. The topological polar surface area (TPSA) is 9.23 Å². The van der Waals surface area contributed by atoms with Crippen molar-refractivity contribution in [3.8, 4) is 0 Å². The molecule has 1 aliphatic carbocycles. The molecule has 9 heavy (non-hydrogen) atoms. The standard InChI is InChI=1S/C8H14O/c1-3-8-4-2-7(1)5-6-9-8/h7-8H,1-6H2. The minimum atomic E-state index is 0.642. The van der Waals surface area contributed by atoms with Crippen molar-refractivity contribution in [3.05, 3.63) is 0 Å². The lowest BCUT2D eigenvalue weighted by Crippen LogP contribution is -2.15. The molecule has 1 nitrogen and oxygen atoms in total. The fraction of sp³-hybridized carbons (Fsp3) is 1.00. The fourth-order valence-corrected chi connectivity index (χ4v) is 1.99. The summed E-state index contributed by atoms with van der Waals surface area (Å²) in [5, 5.41) is 0. The van der Waals surface area contributed by atoms with E-state index in [1.165, 1.54) is 32.1 Å². The van der Waals surface area contributed by atoms with Crippen LogP contribution in [0.1, 0.15) is 32.1 Å². The van der Waals surface area contributed by atoms with Gasteiger partial charge in [-0.3, -0.25) is 0 Å². The Morgan fingerprint density at radius 1 is 0.889 bits per heavy atom. The van der Waals surface area contributed by atoms with E-state index in [1.807, 2.05) is 0 Å². The van der Waals surface area contributed by atoms with Crippen LogP contribution in [0, 0.1) is 5.92 Å². The van der Waals surface area contributed by atoms with Crippen LogP contribution in [0.3, 0.4) is 0 Å². The molecule has 2 aliphatic heterocycles. The Labute approximate surface area is 56.4 Å². The SMILES string of the molecule is C1CC2CCC(CC2)O1. The molecule has 2 saturated heterocycles. The number of fused-ring (bicyclic) bond motifs is 4. The summed E-state index contributed by atoms with van der Waals surface area (Å²) in [6, 6.07) is 0. The van der Waals surface area contributed by atoms with Crippen LogP contribution in [-0.2, 0) is 4.74 Å². The number of rotatable bonds is 0. The van der Waals surface area contributed by atoms with Gasteiger partial charge in [-0.05, 0) is 38.0 Å². The summed E-state index contributed by atoms with van der Waals surface area (Å²) < 4.78 is 5.59. The van der Waals surface area contributed by atoms with Crippen molar-refractivity contribution in [1.82, 2.24) is 0 Å². The normalized spacial score (nSPS) is 42.7. The maximum Gasteiger partial charge on any atom is 0.0575 e. The van der Waals surface area contributed by atoms with E-state index in [-0.39, 0.29) is 0 Å². The maximum absolute atomic E-state index is 5.59. The molecule has 0 aromatic heterocycles. The van der Waals surface area contributed by atoms with Crippen molar-refractivity contribution in [2.45, 2.75) is 38.2 Å². The summed E-state index contributed by atoms with van der Waals surface area (Å²) in [6.07, 6.45) is 7.52. The van der Waals surface area contributed by atoms with E-state index < -0.39 is 0 Å². The van der Waals surface area contributed by atoms with Crippen LogP contribution in [0.4, 0.5) is 0 Å². The molecular formula is C8H14O. The van der Waals surface area contributed by atoms with Crippen molar-refractivity contribution >= 4 is 0 Å². The van der Waals surface area contributed by atoms with Crippen LogP contribution >= 0.6 is 0 Å². The smallest absolute Gasteiger partial charge is 0.0575 e. The molecule has 3 fully saturated rings. The molecule has 0 N–H and O–H groups in total. The van der Waals surface area contributed by atoms with Gasteiger partial charge in [-0.25, -0.2) is 0 Å². The molecule has 0 atom stereocenters. The summed E-state index contributed by atoms with van der Waals surface area (Å²) in [6.45, 7) is 1.04. The first-order valence-electron chi connectivity index (χ1n) is 4.07. The zero-order valence-electron chi connectivity index (χ0n) is 5.81. The molecule has 1 saturated carbocycles. The summed E-state index contributed by atoms with van der Waals surface area (Å²) in [7, 11) is 0. The van der Waals surface area contributed by atoms with Gasteiger partial charge < -0.3 is 4.74 Å². The molecule has 0 spiro atoms. The van der Waals surface area contributed by atoms with E-state index in [0.29, 0.717) is 6.10 Å². The van der Waals surface area contributed by atoms with Gasteiger partial charge in [-0.2, -0.15) is 0 Å². The van der Waals surface area contributed by atoms with Crippen LogP contribution in [0.25, 0.3) is 0 Å². The molecule has 1 heteroatoms. The molecule has 0 radical (unpaired) electrons. The van der Waals surface area contributed by atoms with Crippen molar-refractivity contribution in [1.29, 1.82) is 0 Å². The Kier molecular flexibility index (Phi) is 1.46. The minimum Gasteiger partial charge on any atom is -0.378 e. The quantitative estimate of drug-likeness (QED) is 0.482. The highest BCUT2D eigenvalue weighted by atomic mass is 16.5. The molecule has 0 amide bonds. The third kappa shape index (κ3) is 1.11. The van der Waals surface area contributed by atoms with E-state index in [2.05, 4.69) is 0 Å². The Morgan fingerprint density at radius 2 is 1.67 bits per heavy atom. The largest absolute Gasteiger partial charge is 0.378 e. The zero-order valence-corrected chi connectivity index (χ0v) is 5.81. The first-order chi connectivity index (χ1) is 4.45. The van der Waals surface area contributed by atoms with Gasteiger partial charge in [-0.15, -0.1) is 0 Å². The molecule has 3 rings (SSSR count). The lowest BCUT2D eigenvalue weighted by Gasteiger charge is -2.21. The average molecular weight is 126 g/mol. The lowest BCUT2D eigenvalue weighted by atomic mass is 9.87. The molecular weight excluding hydrogens is 112 g/mol. The Balaban J connectivity index is 2.03. The summed E-state index contributed by atoms with van der Waals surface area (Å²) in [5.41, 5.74) is 0. The van der Waals surface area contributed by atoms with Crippen LogP contribution in [-0.4, -0.2) is 12.7 Å². The first-order valence-corrected chi connectivity index (χ1v) is 4.07. The molecule has 0 aromatic carbocycles. The highest BCUT2D eigenvalue weighted by molar-refractivity contribution is 4.75. The molecule has 52 valence electrons. The van der Waals surface area contributed by atoms with E-state index >= 15 is 0 Å². The third-order valence-electron chi connectivity index (χ3n) is 2.67. The number of hydrogen-bond donors (Lipinski definition) is 0. The number of ether oxygens (including phenoxy) is 1. The van der Waals surface area contributed by atoms with Crippen LogP contribution < -0.4 is 0 Å². The van der Waals surface area contributed by atoms with Crippen molar-refractivity contribution in [2.75, 3.05) is 6.61 Å². The molecule has 2 bridgehead atoms. The van der Waals surface area contributed by atoms with Gasteiger partial charge in [0.2, 0.25) is 0 Å². The predicted molar refractivity (Wildman–Crippen MR) is 36.3 cm³/mol. The minimum absolute atomic E-state index is 0.642. The van der Waals surface area contributed by atoms with Crippen LogP contribution in [0.5, 0.6) is 0 Å². The highest BCUT2D eigenvalue weighted by Gasteiger charge is 2.24. The van der Waals surface area contributed by atoms with Crippen LogP contribution in [0.15, 0.2) is 0 Å². The van der Waals surface area contributed by atoms with Gasteiger partial charge >= 0.3 is 0 Å². The van der Waals surface area contributed by atoms with Gasteiger partial charge in [0, 0.05) is 6.61 Å². The van der Waals surface area contributed by atoms with Crippen LogP contribution in [0.2, 0.25) is 0 Å². The second-order valence-electron chi connectivity index (χ2n) is 3.30. The lowest BCUT2D eigenvalue weighted by molar-refractivity contribution is 0.0555. The zero-order chi connectivity index (χ0) is 6.10. The van der Waals surface area contributed by atoms with E-state index in [1.54, 1.807) is 0 Å². The van der Waals surface area contributed by atoms with E-state index in [0.717, 1.165) is 12.5 Å². The van der Waals surface area contributed by atoms with Crippen molar-refractivity contribution < 1.29 is 4.74 Å². The first kappa shape index (κ1) is 5.72. The summed E-state index contributed by atoms with van der Waals surface area (Å²) in [5.74, 6) is 1.02. The van der Waals surface area contributed by atoms with E-state index in [9.17, 15) is 0 Å². The van der Waals surface area contributed by atoms with Gasteiger partial charge in [0.05, 0.1) is 6.10 Å². The van der Waals surface area contributed by atoms with Gasteiger partial charge in [0.1, 0.15) is 0 Å². The van der Waals surface area contributed by atoms with Gasteiger partial charge in [-0.1, -0.05) is 0 Å². The molecule has 2 heterocycles. The maximum atomic E-state index is 5.59. The van der Waals surface area contributed by atoms with Gasteiger partial charge in [0.25, 0.3) is 0 Å². The summed E-state index contributed by atoms with van der Waals surface area (Å²) >= 11 is 0. The van der Waals surface area contributed by atoms with E-state index in [4.69, 9.17) is 4.74 Å². The average Bonchev–Trinajstić information content (AvgIpc) is 2.21. The number of hydrogen-bond acceptors (Lipinski definition) is 1. The van der Waals surface area contributed by atoms with Gasteiger partial charge in [0.15, 0.2) is 0 Å². The monoisotopic (exact) mass is 126 g/mol. The molecule has 0 unspecified atom stereocenters. The van der Waals surface area contributed by atoms with Crippen molar-refractivity contribution in [2.24, 2.45) is 5.92 Å². The Hall–Kier alpha value is -0.0400.